The molecule has 0 radical (unpaired) electrons. The summed E-state index contributed by atoms with van der Waals surface area (Å²) in [5.74, 6) is -0.104. The summed E-state index contributed by atoms with van der Waals surface area (Å²) in [6.07, 6.45) is 3.04. The van der Waals surface area contributed by atoms with Gasteiger partial charge in [0.15, 0.2) is 0 Å². The zero-order valence-corrected chi connectivity index (χ0v) is 8.77. The first kappa shape index (κ1) is 10.5. The highest BCUT2D eigenvalue weighted by Crippen LogP contribution is 2.18. The molecule has 7 heteroatoms. The predicted octanol–water partition coefficient (Wildman–Crippen LogP) is 0.0336. The first-order chi connectivity index (χ1) is 6.61. The van der Waals surface area contributed by atoms with Crippen LogP contribution in [0.4, 0.5) is 5.69 Å². The molecule has 0 unspecified atom stereocenters. The van der Waals surface area contributed by atoms with Gasteiger partial charge in [0.2, 0.25) is 5.96 Å². The minimum Gasteiger partial charge on any atom is -0.396 e. The number of halogens is 1. The molecule has 0 aliphatic rings. The number of nitrogens with zero attached hydrogens (tertiary/aromatic N) is 3. The maximum absolute atomic E-state index is 5.69. The Morgan fingerprint density at radius 2 is 2.21 bits per heavy atom. The third-order valence-electron chi connectivity index (χ3n) is 1.35. The SMILES string of the molecule is NC(N)=N/N=C/c1ccnc(Br)c1N. The third-order valence-corrected chi connectivity index (χ3v) is 1.98. The average molecular weight is 257 g/mol. The van der Waals surface area contributed by atoms with Crippen molar-refractivity contribution in [3.8, 4) is 0 Å². The molecular weight excluding hydrogens is 248 g/mol. The molecule has 0 aliphatic heterocycles. The largest absolute Gasteiger partial charge is 0.396 e. The highest BCUT2D eigenvalue weighted by atomic mass is 79.9. The summed E-state index contributed by atoms with van der Waals surface area (Å²) in [5, 5.41) is 7.07. The Balaban J connectivity index is 2.92. The van der Waals surface area contributed by atoms with Crippen LogP contribution < -0.4 is 17.2 Å². The lowest BCUT2D eigenvalue weighted by molar-refractivity contribution is 1.21. The van der Waals surface area contributed by atoms with E-state index in [4.69, 9.17) is 17.2 Å². The van der Waals surface area contributed by atoms with Crippen molar-refractivity contribution in [3.63, 3.8) is 0 Å². The number of anilines is 1. The minimum atomic E-state index is -0.104. The number of hydrogen-bond acceptors (Lipinski definition) is 4. The van der Waals surface area contributed by atoms with E-state index in [0.717, 1.165) is 0 Å². The van der Waals surface area contributed by atoms with E-state index in [1.54, 1.807) is 12.3 Å². The van der Waals surface area contributed by atoms with Gasteiger partial charge in [0.1, 0.15) is 4.60 Å². The Kier molecular flexibility index (Phi) is 3.41. The fraction of sp³-hybridized carbons (Fsp3) is 0. The van der Waals surface area contributed by atoms with Gasteiger partial charge in [0.05, 0.1) is 11.9 Å². The molecule has 0 aromatic carbocycles. The molecule has 0 saturated carbocycles. The number of guanidine groups is 1. The van der Waals surface area contributed by atoms with E-state index >= 15 is 0 Å². The van der Waals surface area contributed by atoms with Gasteiger partial charge in [-0.1, -0.05) is 0 Å². The molecule has 6 N–H and O–H groups in total. The molecule has 0 spiro atoms. The van der Waals surface area contributed by atoms with Gasteiger partial charge in [-0.3, -0.25) is 0 Å². The van der Waals surface area contributed by atoms with Gasteiger partial charge in [-0.25, -0.2) is 4.98 Å². The number of aromatic nitrogens is 1. The van der Waals surface area contributed by atoms with E-state index in [2.05, 4.69) is 31.1 Å². The van der Waals surface area contributed by atoms with Crippen LogP contribution in [0.1, 0.15) is 5.56 Å². The molecule has 0 amide bonds. The average Bonchev–Trinajstić information content (AvgIpc) is 2.12. The molecular formula is C7H9BrN6. The summed E-state index contributed by atoms with van der Waals surface area (Å²) in [7, 11) is 0. The fourth-order valence-corrected chi connectivity index (χ4v) is 1.08. The van der Waals surface area contributed by atoms with E-state index in [9.17, 15) is 0 Å². The summed E-state index contributed by atoms with van der Waals surface area (Å²) in [6.45, 7) is 0. The van der Waals surface area contributed by atoms with Gasteiger partial charge in [0.25, 0.3) is 0 Å². The van der Waals surface area contributed by atoms with Crippen molar-refractivity contribution < 1.29 is 0 Å². The number of nitrogens with two attached hydrogens (primary N) is 3. The quantitative estimate of drug-likeness (QED) is 0.300. The van der Waals surface area contributed by atoms with Crippen molar-refractivity contribution in [3.05, 3.63) is 22.4 Å². The second-order valence-electron chi connectivity index (χ2n) is 2.37. The van der Waals surface area contributed by atoms with Crippen LogP contribution in [0, 0.1) is 0 Å². The molecule has 0 saturated heterocycles. The van der Waals surface area contributed by atoms with Crippen LogP contribution in [0.15, 0.2) is 27.1 Å². The van der Waals surface area contributed by atoms with Gasteiger partial charge in [-0.15, -0.1) is 5.10 Å². The zero-order chi connectivity index (χ0) is 10.6. The highest BCUT2D eigenvalue weighted by molar-refractivity contribution is 9.10. The van der Waals surface area contributed by atoms with E-state index < -0.39 is 0 Å². The van der Waals surface area contributed by atoms with Crippen LogP contribution in [-0.2, 0) is 0 Å². The molecule has 1 heterocycles. The molecule has 1 aromatic heterocycles. The standard InChI is InChI=1S/C7H9BrN6/c8-6-5(9)4(1-2-12-6)3-13-14-7(10)11/h1-3H,9H2,(H4,10,11,14)/b13-3+. The lowest BCUT2D eigenvalue weighted by Gasteiger charge is -1.99. The minimum absolute atomic E-state index is 0.104. The number of hydrogen-bond donors (Lipinski definition) is 3. The Bertz CT molecular complexity index is 382. The van der Waals surface area contributed by atoms with Crippen molar-refractivity contribution in [2.24, 2.45) is 21.7 Å². The van der Waals surface area contributed by atoms with Gasteiger partial charge in [-0.2, -0.15) is 5.10 Å². The van der Waals surface area contributed by atoms with Crippen LogP contribution in [0.2, 0.25) is 0 Å². The summed E-state index contributed by atoms with van der Waals surface area (Å²) in [5.41, 5.74) is 17.0. The molecule has 1 rings (SSSR count). The van der Waals surface area contributed by atoms with E-state index in [-0.39, 0.29) is 5.96 Å². The maximum Gasteiger partial charge on any atom is 0.211 e. The molecule has 0 bridgehead atoms. The summed E-state index contributed by atoms with van der Waals surface area (Å²) in [4.78, 5) is 3.93. The molecule has 0 aliphatic carbocycles. The second-order valence-corrected chi connectivity index (χ2v) is 3.13. The monoisotopic (exact) mass is 256 g/mol. The Morgan fingerprint density at radius 1 is 1.50 bits per heavy atom. The lowest BCUT2D eigenvalue weighted by Crippen LogP contribution is -2.21. The first-order valence-electron chi connectivity index (χ1n) is 3.63. The van der Waals surface area contributed by atoms with E-state index in [1.165, 1.54) is 6.21 Å². The fourth-order valence-electron chi connectivity index (χ4n) is 0.732. The van der Waals surface area contributed by atoms with Crippen molar-refractivity contribution >= 4 is 33.8 Å². The van der Waals surface area contributed by atoms with Gasteiger partial charge < -0.3 is 17.2 Å². The number of rotatable bonds is 2. The van der Waals surface area contributed by atoms with Crippen LogP contribution >= 0.6 is 15.9 Å². The Hall–Kier alpha value is -1.63. The highest BCUT2D eigenvalue weighted by Gasteiger charge is 2.00. The van der Waals surface area contributed by atoms with Crippen molar-refractivity contribution in [1.29, 1.82) is 0 Å². The molecule has 0 atom stereocenters. The lowest BCUT2D eigenvalue weighted by atomic mass is 10.2. The van der Waals surface area contributed by atoms with Crippen LogP contribution in [0.25, 0.3) is 0 Å². The van der Waals surface area contributed by atoms with E-state index in [1.807, 2.05) is 0 Å². The molecule has 6 nitrogen and oxygen atoms in total. The maximum atomic E-state index is 5.69. The number of pyridine rings is 1. The Labute approximate surface area is 89.0 Å². The topological polar surface area (TPSA) is 116 Å². The Morgan fingerprint density at radius 3 is 2.86 bits per heavy atom. The summed E-state index contributed by atoms with van der Waals surface area (Å²) in [6, 6.07) is 1.70. The van der Waals surface area contributed by atoms with Crippen molar-refractivity contribution in [1.82, 2.24) is 4.98 Å². The normalized spacial score (nSPS) is 10.4. The second kappa shape index (κ2) is 4.56. The van der Waals surface area contributed by atoms with Crippen LogP contribution in [0.5, 0.6) is 0 Å². The van der Waals surface area contributed by atoms with Crippen molar-refractivity contribution in [2.75, 3.05) is 5.73 Å². The molecule has 1 aromatic rings. The smallest absolute Gasteiger partial charge is 0.211 e. The number of nitrogen functional groups attached to an aromatic ring is 1. The zero-order valence-electron chi connectivity index (χ0n) is 7.18. The first-order valence-corrected chi connectivity index (χ1v) is 4.42. The third kappa shape index (κ3) is 2.70. The summed E-state index contributed by atoms with van der Waals surface area (Å²) < 4.78 is 0.561. The van der Waals surface area contributed by atoms with Gasteiger partial charge in [0, 0.05) is 11.8 Å². The van der Waals surface area contributed by atoms with Crippen LogP contribution in [-0.4, -0.2) is 17.2 Å². The summed E-state index contributed by atoms with van der Waals surface area (Å²) >= 11 is 3.18. The molecule has 0 fully saturated rings. The molecule has 14 heavy (non-hydrogen) atoms. The predicted molar refractivity (Wildman–Crippen MR) is 59.8 cm³/mol. The van der Waals surface area contributed by atoms with E-state index in [0.29, 0.717) is 15.9 Å². The van der Waals surface area contributed by atoms with Crippen LogP contribution in [0.3, 0.4) is 0 Å². The van der Waals surface area contributed by atoms with Crippen molar-refractivity contribution in [2.45, 2.75) is 0 Å². The van der Waals surface area contributed by atoms with Gasteiger partial charge in [-0.05, 0) is 22.0 Å². The molecule has 74 valence electrons. The van der Waals surface area contributed by atoms with Gasteiger partial charge >= 0.3 is 0 Å².